The number of esters is 1. The number of carbonyl (C=O) groups excluding carboxylic acids is 6. The average Bonchev–Trinajstić information content (AvgIpc) is 3.68. The minimum Gasteiger partial charge on any atom is -0.458 e. The van der Waals surface area contributed by atoms with Gasteiger partial charge in [0.05, 0.1) is 6.04 Å². The van der Waals surface area contributed by atoms with Gasteiger partial charge in [0.15, 0.2) is 0 Å². The number of carbonyl (C=O) groups is 6. The number of hydrogen-bond donors (Lipinski definition) is 3. The van der Waals surface area contributed by atoms with Crippen LogP contribution >= 0.6 is 0 Å². The van der Waals surface area contributed by atoms with Gasteiger partial charge in [-0.15, -0.1) is 0 Å². The van der Waals surface area contributed by atoms with E-state index in [2.05, 4.69) is 10.6 Å². The molecule has 4 heterocycles. The molecule has 4 aliphatic rings. The van der Waals surface area contributed by atoms with Crippen LogP contribution in [-0.2, 0) is 39.9 Å². The molecule has 0 radical (unpaired) electrons. The fraction of sp³-hybridized carbons (Fsp3) is 0.636. The maximum atomic E-state index is 14.3. The van der Waals surface area contributed by atoms with Crippen molar-refractivity contribution >= 4 is 35.5 Å². The quantitative estimate of drug-likeness (QED) is 0.385. The highest BCUT2D eigenvalue weighted by atomic mass is 19.1. The molecule has 48 heavy (non-hydrogen) atoms. The molecule has 0 spiro atoms. The maximum absolute atomic E-state index is 14.3. The summed E-state index contributed by atoms with van der Waals surface area (Å²) in [6.45, 7) is 5.56. The summed E-state index contributed by atoms with van der Waals surface area (Å²) in [6, 6.07) is -3.79. The van der Waals surface area contributed by atoms with E-state index in [0.29, 0.717) is 44.7 Å². The predicted octanol–water partition coefficient (Wildman–Crippen LogP) is 0.379. The summed E-state index contributed by atoms with van der Waals surface area (Å²) in [7, 11) is 0. The lowest BCUT2D eigenvalue weighted by molar-refractivity contribution is -0.163. The monoisotopic (exact) mass is 674 g/mol. The summed E-state index contributed by atoms with van der Waals surface area (Å²) in [5, 5.41) is 5.33. The van der Waals surface area contributed by atoms with E-state index in [0.717, 1.165) is 12.1 Å². The van der Waals surface area contributed by atoms with Crippen LogP contribution in [0, 0.1) is 17.6 Å². The first-order chi connectivity index (χ1) is 22.7. The Balaban J connectivity index is 1.47. The zero-order valence-electron chi connectivity index (χ0n) is 27.5. The van der Waals surface area contributed by atoms with Gasteiger partial charge in [-0.25, -0.2) is 13.6 Å². The summed E-state index contributed by atoms with van der Waals surface area (Å²) >= 11 is 0. The van der Waals surface area contributed by atoms with Crippen LogP contribution in [0.15, 0.2) is 18.2 Å². The van der Waals surface area contributed by atoms with E-state index >= 15 is 0 Å². The summed E-state index contributed by atoms with van der Waals surface area (Å²) < 4.78 is 33.4. The van der Waals surface area contributed by atoms with Gasteiger partial charge in [0.2, 0.25) is 29.5 Å². The highest BCUT2D eigenvalue weighted by Crippen LogP contribution is 2.28. The van der Waals surface area contributed by atoms with Crippen molar-refractivity contribution in [2.24, 2.45) is 11.7 Å². The van der Waals surface area contributed by atoms with Crippen molar-refractivity contribution in [1.82, 2.24) is 25.3 Å². The van der Waals surface area contributed by atoms with Crippen molar-refractivity contribution in [3.63, 3.8) is 0 Å². The molecule has 4 fully saturated rings. The van der Waals surface area contributed by atoms with Crippen LogP contribution in [0.4, 0.5) is 8.78 Å². The van der Waals surface area contributed by atoms with Gasteiger partial charge >= 0.3 is 5.97 Å². The SMILES string of the molecule is C[C@H]1C[C@H]2C(=O)O[C@@H](C)[C@H](NC(=O)[C@@H](N)Cc3cc(F)cc(F)c3)C(=O)N3CCC[C@H]3C(=O)N3CCCC[C@H]3C(=O)N[C@@H](C)C(=O)N2C1. The van der Waals surface area contributed by atoms with Crippen molar-refractivity contribution in [3.8, 4) is 0 Å². The van der Waals surface area contributed by atoms with E-state index in [1.54, 1.807) is 0 Å². The number of rotatable bonds is 4. The van der Waals surface area contributed by atoms with Gasteiger partial charge in [0.25, 0.3) is 0 Å². The van der Waals surface area contributed by atoms with Crippen molar-refractivity contribution < 1.29 is 42.3 Å². The molecule has 0 aliphatic carbocycles. The number of ether oxygens (including phenoxy) is 1. The van der Waals surface area contributed by atoms with Crippen LogP contribution in [0.1, 0.15) is 64.9 Å². The molecule has 4 N–H and O–H groups in total. The average molecular weight is 675 g/mol. The molecule has 0 saturated carbocycles. The lowest BCUT2D eigenvalue weighted by Gasteiger charge is -2.39. The van der Waals surface area contributed by atoms with E-state index in [1.807, 2.05) is 6.92 Å². The van der Waals surface area contributed by atoms with Crippen LogP contribution in [0.25, 0.3) is 0 Å². The fourth-order valence-corrected chi connectivity index (χ4v) is 7.30. The van der Waals surface area contributed by atoms with Gasteiger partial charge in [-0.05, 0) is 82.4 Å². The van der Waals surface area contributed by atoms with Gasteiger partial charge in [-0.1, -0.05) is 6.92 Å². The maximum Gasteiger partial charge on any atom is 0.329 e. The number of hydrogen-bond acceptors (Lipinski definition) is 8. The molecule has 15 heteroatoms. The standard InChI is InChI=1S/C33H44F2N6O7/c1-17-11-26-33(47)48-19(3)27(38-28(42)23(36)14-20-12-21(34)15-22(35)13-20)32(46)40-10-6-8-25(40)31(45)39-9-5-4-7-24(39)29(43)37-18(2)30(44)41(26)16-17/h12-13,15,17-19,23-27H,4-11,14,16,36H2,1-3H3,(H,37,43)(H,38,42)/t17-,18-,19-,23-,24-,25-,26-,27-/m0/s1. The Morgan fingerprint density at radius 1 is 0.896 bits per heavy atom. The number of nitrogens with one attached hydrogen (secondary N) is 2. The Bertz CT molecular complexity index is 1440. The van der Waals surface area contributed by atoms with E-state index < -0.39 is 89.5 Å². The van der Waals surface area contributed by atoms with Crippen LogP contribution in [0.2, 0.25) is 0 Å². The number of piperidine rings is 1. The summed E-state index contributed by atoms with van der Waals surface area (Å²) in [5.74, 6) is -5.44. The number of halogens is 2. The molecule has 0 unspecified atom stereocenters. The van der Waals surface area contributed by atoms with Crippen molar-refractivity contribution in [1.29, 1.82) is 0 Å². The molecule has 0 bridgehead atoms. The molecule has 5 amide bonds. The normalized spacial score (nSPS) is 31.1. The first-order valence-corrected chi connectivity index (χ1v) is 16.7. The Hall–Kier alpha value is -4.14. The summed E-state index contributed by atoms with van der Waals surface area (Å²) in [4.78, 5) is 86.6. The van der Waals surface area contributed by atoms with E-state index in [4.69, 9.17) is 10.5 Å². The summed E-state index contributed by atoms with van der Waals surface area (Å²) in [6.07, 6.45) is 1.32. The minimum absolute atomic E-state index is 0.0635. The molecular weight excluding hydrogens is 630 g/mol. The second-order valence-corrected chi connectivity index (χ2v) is 13.5. The number of cyclic esters (lactones) is 1. The molecule has 4 saturated heterocycles. The van der Waals surface area contributed by atoms with E-state index in [-0.39, 0.29) is 37.4 Å². The topological polar surface area (TPSA) is 171 Å². The largest absolute Gasteiger partial charge is 0.458 e. The molecule has 4 aliphatic heterocycles. The predicted molar refractivity (Wildman–Crippen MR) is 166 cm³/mol. The molecule has 13 nitrogen and oxygen atoms in total. The van der Waals surface area contributed by atoms with Gasteiger partial charge in [-0.2, -0.15) is 0 Å². The van der Waals surface area contributed by atoms with Crippen LogP contribution < -0.4 is 16.4 Å². The Morgan fingerprint density at radius 3 is 2.25 bits per heavy atom. The molecule has 1 aromatic rings. The zero-order valence-corrected chi connectivity index (χ0v) is 27.5. The number of nitrogens with two attached hydrogens (primary N) is 1. The first kappa shape index (κ1) is 35.2. The molecule has 1 aromatic carbocycles. The third-order valence-electron chi connectivity index (χ3n) is 9.75. The van der Waals surface area contributed by atoms with Gasteiger partial charge in [-0.3, -0.25) is 24.0 Å². The van der Waals surface area contributed by atoms with Gasteiger partial charge in [0, 0.05) is 25.7 Å². The van der Waals surface area contributed by atoms with E-state index in [9.17, 15) is 37.5 Å². The Kier molecular flexibility index (Phi) is 10.7. The van der Waals surface area contributed by atoms with Gasteiger partial charge in [0.1, 0.15) is 47.9 Å². The Labute approximate surface area is 277 Å². The lowest BCUT2D eigenvalue weighted by atomic mass is 9.99. The van der Waals surface area contributed by atoms with Crippen LogP contribution in [0.5, 0.6) is 0 Å². The fourth-order valence-electron chi connectivity index (χ4n) is 7.30. The number of nitrogens with zero attached hydrogens (tertiary/aromatic N) is 3. The number of fused-ring (bicyclic) bond motifs is 3. The lowest BCUT2D eigenvalue weighted by Crippen LogP contribution is -2.62. The summed E-state index contributed by atoms with van der Waals surface area (Å²) in [5.41, 5.74) is 6.25. The highest BCUT2D eigenvalue weighted by molar-refractivity contribution is 5.97. The molecular formula is C33H44F2N6O7. The van der Waals surface area contributed by atoms with Gasteiger partial charge < -0.3 is 35.8 Å². The third kappa shape index (κ3) is 7.45. The molecule has 262 valence electrons. The zero-order chi connectivity index (χ0) is 34.9. The number of benzene rings is 1. The number of amides is 5. The third-order valence-corrected chi connectivity index (χ3v) is 9.75. The molecule has 5 rings (SSSR count). The minimum atomic E-state index is -1.49. The van der Waals surface area contributed by atoms with E-state index in [1.165, 1.54) is 28.5 Å². The highest BCUT2D eigenvalue weighted by Gasteiger charge is 2.47. The van der Waals surface area contributed by atoms with Crippen LogP contribution in [0.3, 0.4) is 0 Å². The van der Waals surface area contributed by atoms with Crippen molar-refractivity contribution in [3.05, 3.63) is 35.4 Å². The second kappa shape index (κ2) is 14.5. The van der Waals surface area contributed by atoms with Crippen molar-refractivity contribution in [2.45, 2.75) is 108 Å². The second-order valence-electron chi connectivity index (χ2n) is 13.5. The van der Waals surface area contributed by atoms with Crippen molar-refractivity contribution in [2.75, 3.05) is 19.6 Å². The van der Waals surface area contributed by atoms with Crippen LogP contribution in [-0.4, -0.2) is 112 Å². The molecule has 0 aromatic heterocycles. The first-order valence-electron chi connectivity index (χ1n) is 16.7. The Morgan fingerprint density at radius 2 is 1.54 bits per heavy atom. The molecule has 8 atom stereocenters. The smallest absolute Gasteiger partial charge is 0.329 e.